The Morgan fingerprint density at radius 1 is 1.27 bits per heavy atom. The fraction of sp³-hybridized carbons (Fsp3) is 0.400. The largest absolute Gasteiger partial charge is 0.396 e. The van der Waals surface area contributed by atoms with E-state index in [1.165, 1.54) is 4.57 Å². The maximum Gasteiger partial charge on any atom is 0.356 e. The standard InChI is InChI=1S/C15H20N2O4S/c1-11(2)14-15(17(3)13(16-14)9-10-18)22(19,20)21-12-7-5-4-6-8-12/h4-8,11,18H,9-10H2,1-3H3. The molecule has 0 atom stereocenters. The Hall–Kier alpha value is -1.86. The zero-order valence-electron chi connectivity index (χ0n) is 12.9. The minimum absolute atomic E-state index is 0.0369. The van der Waals surface area contributed by atoms with Crippen LogP contribution in [0.3, 0.4) is 0 Å². The molecule has 0 bridgehead atoms. The molecular weight excluding hydrogens is 304 g/mol. The smallest absolute Gasteiger partial charge is 0.356 e. The number of aromatic nitrogens is 2. The summed E-state index contributed by atoms with van der Waals surface area (Å²) in [5, 5.41) is 9.12. The summed E-state index contributed by atoms with van der Waals surface area (Å²) in [6.07, 6.45) is 0.289. The van der Waals surface area contributed by atoms with E-state index in [1.807, 2.05) is 13.8 Å². The second-order valence-corrected chi connectivity index (χ2v) is 6.72. The normalized spacial score (nSPS) is 11.9. The van der Waals surface area contributed by atoms with Crippen molar-refractivity contribution in [2.75, 3.05) is 6.61 Å². The lowest BCUT2D eigenvalue weighted by Gasteiger charge is -2.11. The van der Waals surface area contributed by atoms with E-state index in [1.54, 1.807) is 37.4 Å². The Balaban J connectivity index is 2.50. The van der Waals surface area contributed by atoms with E-state index >= 15 is 0 Å². The fourth-order valence-electron chi connectivity index (χ4n) is 2.19. The van der Waals surface area contributed by atoms with Crippen molar-refractivity contribution in [3.63, 3.8) is 0 Å². The van der Waals surface area contributed by atoms with Gasteiger partial charge in [-0.15, -0.1) is 0 Å². The highest BCUT2D eigenvalue weighted by atomic mass is 32.2. The van der Waals surface area contributed by atoms with Gasteiger partial charge in [0.15, 0.2) is 5.03 Å². The molecule has 0 unspecified atom stereocenters. The summed E-state index contributed by atoms with van der Waals surface area (Å²) in [6.45, 7) is 3.64. The molecule has 120 valence electrons. The quantitative estimate of drug-likeness (QED) is 0.820. The van der Waals surface area contributed by atoms with Gasteiger partial charge in [-0.1, -0.05) is 32.0 Å². The third kappa shape index (κ3) is 3.31. The molecule has 0 aliphatic rings. The Morgan fingerprint density at radius 2 is 1.91 bits per heavy atom. The highest BCUT2D eigenvalue weighted by molar-refractivity contribution is 7.87. The van der Waals surface area contributed by atoms with Crippen LogP contribution in [0.5, 0.6) is 5.75 Å². The molecule has 6 nitrogen and oxygen atoms in total. The van der Waals surface area contributed by atoms with Crippen LogP contribution in [-0.4, -0.2) is 29.7 Å². The van der Waals surface area contributed by atoms with Crippen molar-refractivity contribution in [3.05, 3.63) is 41.9 Å². The summed E-state index contributed by atoms with van der Waals surface area (Å²) in [5.74, 6) is 0.686. The molecule has 1 N–H and O–H groups in total. The molecule has 0 fully saturated rings. The minimum Gasteiger partial charge on any atom is -0.396 e. The topological polar surface area (TPSA) is 81.4 Å². The molecule has 0 spiro atoms. The number of para-hydroxylation sites is 1. The van der Waals surface area contributed by atoms with Gasteiger partial charge in [0.05, 0.1) is 12.3 Å². The molecule has 0 saturated carbocycles. The Labute approximate surface area is 130 Å². The number of hydrogen-bond acceptors (Lipinski definition) is 5. The van der Waals surface area contributed by atoms with Crippen LogP contribution in [0.4, 0.5) is 0 Å². The first-order chi connectivity index (χ1) is 10.4. The third-order valence-corrected chi connectivity index (χ3v) is 4.60. The van der Waals surface area contributed by atoms with Crippen molar-refractivity contribution in [1.29, 1.82) is 0 Å². The van der Waals surface area contributed by atoms with Crippen LogP contribution in [0.2, 0.25) is 0 Å². The predicted molar refractivity (Wildman–Crippen MR) is 82.3 cm³/mol. The van der Waals surface area contributed by atoms with Crippen LogP contribution in [-0.2, 0) is 23.6 Å². The monoisotopic (exact) mass is 324 g/mol. The van der Waals surface area contributed by atoms with Gasteiger partial charge in [0.1, 0.15) is 11.6 Å². The molecular formula is C15H20N2O4S. The van der Waals surface area contributed by atoms with Gasteiger partial charge in [0, 0.05) is 13.5 Å². The summed E-state index contributed by atoms with van der Waals surface area (Å²) in [6, 6.07) is 8.35. The van der Waals surface area contributed by atoms with Crippen LogP contribution < -0.4 is 4.18 Å². The lowest BCUT2D eigenvalue weighted by atomic mass is 10.1. The van der Waals surface area contributed by atoms with Crippen molar-refractivity contribution in [3.8, 4) is 5.75 Å². The van der Waals surface area contributed by atoms with Crippen LogP contribution in [0.1, 0.15) is 31.3 Å². The van der Waals surface area contributed by atoms with E-state index in [2.05, 4.69) is 4.98 Å². The molecule has 1 aromatic carbocycles. The van der Waals surface area contributed by atoms with Crippen molar-refractivity contribution >= 4 is 10.1 Å². The summed E-state index contributed by atoms with van der Waals surface area (Å²) >= 11 is 0. The maximum atomic E-state index is 12.6. The van der Waals surface area contributed by atoms with Crippen LogP contribution in [0.25, 0.3) is 0 Å². The summed E-state index contributed by atoms with van der Waals surface area (Å²) in [4.78, 5) is 4.35. The van der Waals surface area contributed by atoms with Gasteiger partial charge < -0.3 is 13.9 Å². The molecule has 1 aromatic heterocycles. The lowest BCUT2D eigenvalue weighted by molar-refractivity contribution is 0.295. The first-order valence-electron chi connectivity index (χ1n) is 7.02. The zero-order valence-corrected chi connectivity index (χ0v) is 13.7. The number of benzene rings is 1. The summed E-state index contributed by atoms with van der Waals surface area (Å²) < 4.78 is 31.9. The van der Waals surface area contributed by atoms with E-state index in [0.717, 1.165) is 0 Å². The third-order valence-electron chi connectivity index (χ3n) is 3.23. The number of imidazole rings is 1. The van der Waals surface area contributed by atoms with Gasteiger partial charge >= 0.3 is 10.1 Å². The van der Waals surface area contributed by atoms with Gasteiger partial charge in [0.25, 0.3) is 0 Å². The SMILES string of the molecule is CC(C)c1nc(CCO)n(C)c1S(=O)(=O)Oc1ccccc1. The van der Waals surface area contributed by atoms with Crippen LogP contribution >= 0.6 is 0 Å². The average molecular weight is 324 g/mol. The highest BCUT2D eigenvalue weighted by Crippen LogP contribution is 2.27. The van der Waals surface area contributed by atoms with E-state index in [4.69, 9.17) is 9.29 Å². The fourth-order valence-corrected chi connectivity index (χ4v) is 3.61. The number of rotatable bonds is 6. The second-order valence-electron chi connectivity index (χ2n) is 5.26. The van der Waals surface area contributed by atoms with Crippen molar-refractivity contribution in [2.24, 2.45) is 7.05 Å². The number of aliphatic hydroxyl groups is 1. The molecule has 0 saturated heterocycles. The van der Waals surface area contributed by atoms with Gasteiger partial charge in [-0.3, -0.25) is 0 Å². The van der Waals surface area contributed by atoms with Crippen molar-refractivity contribution < 1.29 is 17.7 Å². The van der Waals surface area contributed by atoms with Crippen molar-refractivity contribution in [2.45, 2.75) is 31.2 Å². The molecule has 0 aliphatic heterocycles. The molecule has 1 heterocycles. The number of aliphatic hydroxyl groups excluding tert-OH is 1. The van der Waals surface area contributed by atoms with Gasteiger partial charge in [-0.25, -0.2) is 4.98 Å². The summed E-state index contributed by atoms with van der Waals surface area (Å²) in [7, 11) is -2.38. The average Bonchev–Trinajstić information content (AvgIpc) is 2.78. The Bertz CT molecular complexity index is 736. The Morgan fingerprint density at radius 3 is 2.45 bits per heavy atom. The van der Waals surface area contributed by atoms with E-state index in [-0.39, 0.29) is 29.7 Å². The van der Waals surface area contributed by atoms with E-state index in [9.17, 15) is 8.42 Å². The van der Waals surface area contributed by atoms with E-state index in [0.29, 0.717) is 11.5 Å². The molecule has 0 aliphatic carbocycles. The van der Waals surface area contributed by atoms with E-state index < -0.39 is 10.1 Å². The van der Waals surface area contributed by atoms with Crippen molar-refractivity contribution in [1.82, 2.24) is 9.55 Å². The van der Waals surface area contributed by atoms with Gasteiger partial charge in [0.2, 0.25) is 0 Å². The maximum absolute atomic E-state index is 12.6. The number of nitrogens with zero attached hydrogens (tertiary/aromatic N) is 2. The second kappa shape index (κ2) is 6.50. The van der Waals surface area contributed by atoms with Gasteiger partial charge in [-0.2, -0.15) is 8.42 Å². The minimum atomic E-state index is -4.00. The zero-order chi connectivity index (χ0) is 16.3. The molecule has 0 radical (unpaired) electrons. The molecule has 2 aromatic rings. The molecule has 0 amide bonds. The Kier molecular flexibility index (Phi) is 4.87. The summed E-state index contributed by atoms with van der Waals surface area (Å²) in [5.41, 5.74) is 0.446. The van der Waals surface area contributed by atoms with Crippen LogP contribution in [0, 0.1) is 0 Å². The molecule has 22 heavy (non-hydrogen) atoms. The highest BCUT2D eigenvalue weighted by Gasteiger charge is 2.29. The van der Waals surface area contributed by atoms with Crippen LogP contribution in [0.15, 0.2) is 35.4 Å². The number of hydrogen-bond donors (Lipinski definition) is 1. The van der Waals surface area contributed by atoms with Gasteiger partial charge in [-0.05, 0) is 18.1 Å². The predicted octanol–water partition coefficient (Wildman–Crippen LogP) is 1.85. The lowest BCUT2D eigenvalue weighted by Crippen LogP contribution is -2.17. The molecule has 7 heteroatoms. The first-order valence-corrected chi connectivity index (χ1v) is 8.43. The molecule has 2 rings (SSSR count). The first kappa shape index (κ1) is 16.5.